The van der Waals surface area contributed by atoms with Crippen LogP contribution in [0.5, 0.6) is 23.0 Å². The molecule has 232 valence electrons. The first-order valence-corrected chi connectivity index (χ1v) is 16.3. The largest absolute Gasteiger partial charge is 0.507 e. The molecule has 1 aliphatic carbocycles. The molecule has 1 N–H and O–H groups in total. The number of fused-ring (bicyclic) bond motifs is 8. The van der Waals surface area contributed by atoms with Gasteiger partial charge in [-0.1, -0.05) is 86.6 Å². The number of hydrogen-bond donors (Lipinski definition) is 1. The molecular weight excluding hydrogens is 572 g/mol. The maximum atomic E-state index is 11.5. The van der Waals surface area contributed by atoms with Crippen LogP contribution in [-0.2, 0) is 30.4 Å². The molecule has 0 unspecified atom stereocenters. The Morgan fingerprint density at radius 1 is 0.500 bits per heavy atom. The van der Waals surface area contributed by atoms with Crippen molar-refractivity contribution in [1.29, 1.82) is 0 Å². The van der Waals surface area contributed by atoms with Gasteiger partial charge in [0.25, 0.3) is 0 Å². The van der Waals surface area contributed by atoms with Crippen molar-refractivity contribution in [3.8, 4) is 23.0 Å². The van der Waals surface area contributed by atoms with Gasteiger partial charge in [0.2, 0.25) is 0 Å². The third-order valence-corrected chi connectivity index (χ3v) is 8.01. The fourth-order valence-electron chi connectivity index (χ4n) is 5.82. The van der Waals surface area contributed by atoms with E-state index < -0.39 is 0 Å². The third kappa shape index (κ3) is 7.69. The van der Waals surface area contributed by atoms with Crippen LogP contribution in [0.2, 0.25) is 0 Å². The van der Waals surface area contributed by atoms with Gasteiger partial charge in [-0.2, -0.15) is 0 Å². The van der Waals surface area contributed by atoms with Gasteiger partial charge in [0.05, 0.1) is 26.4 Å². The van der Waals surface area contributed by atoms with Gasteiger partial charge in [0.15, 0.2) is 0 Å². The van der Waals surface area contributed by atoms with Crippen LogP contribution in [0.1, 0.15) is 71.2 Å². The van der Waals surface area contributed by atoms with E-state index in [9.17, 15) is 5.11 Å². The first kappa shape index (κ1) is 31.7. The van der Waals surface area contributed by atoms with Gasteiger partial charge in [0.1, 0.15) is 29.6 Å². The molecule has 0 spiro atoms. The lowest BCUT2D eigenvalue weighted by Gasteiger charge is -2.22. The smallest absolute Gasteiger partial charge is 0.126 e. The van der Waals surface area contributed by atoms with E-state index in [0.29, 0.717) is 70.3 Å². The minimum absolute atomic E-state index is 0.329. The minimum Gasteiger partial charge on any atom is -0.507 e. The number of para-hydroxylation sites is 4. The Morgan fingerprint density at radius 3 is 1.20 bits per heavy atom. The van der Waals surface area contributed by atoms with Gasteiger partial charge in [-0.25, -0.2) is 0 Å². The van der Waals surface area contributed by atoms with E-state index in [4.69, 9.17) is 30.5 Å². The summed E-state index contributed by atoms with van der Waals surface area (Å²) in [4.78, 5) is 0. The molecule has 5 nitrogen and oxygen atoms in total. The third-order valence-electron chi connectivity index (χ3n) is 7.86. The summed E-state index contributed by atoms with van der Waals surface area (Å²) in [6, 6.07) is 25.1. The van der Waals surface area contributed by atoms with Crippen LogP contribution in [0.15, 0.2) is 72.8 Å². The van der Waals surface area contributed by atoms with Crippen LogP contribution in [0.25, 0.3) is 0 Å². The molecule has 44 heavy (non-hydrogen) atoms. The van der Waals surface area contributed by atoms with Gasteiger partial charge < -0.3 is 24.1 Å². The quantitative estimate of drug-likeness (QED) is 0.113. The number of phenolic OH excluding ortho intramolecular Hbond substituents is 1. The molecule has 0 saturated heterocycles. The van der Waals surface area contributed by atoms with E-state index in [1.807, 2.05) is 18.2 Å². The Labute approximate surface area is 266 Å². The number of hydrogen-bond acceptors (Lipinski definition) is 5. The predicted molar refractivity (Wildman–Crippen MR) is 177 cm³/mol. The molecule has 1 aliphatic rings. The van der Waals surface area contributed by atoms with Crippen molar-refractivity contribution in [2.45, 2.75) is 52.4 Å². The second-order valence-electron chi connectivity index (χ2n) is 11.2. The normalized spacial score (nSPS) is 12.5. The lowest BCUT2D eigenvalue weighted by atomic mass is 9.91. The first-order chi connectivity index (χ1) is 21.6. The van der Waals surface area contributed by atoms with E-state index in [0.717, 1.165) is 74.6 Å². The van der Waals surface area contributed by atoms with Gasteiger partial charge in [-0.15, -0.1) is 11.6 Å². The van der Waals surface area contributed by atoms with Gasteiger partial charge in [0, 0.05) is 31.6 Å². The number of benzene rings is 4. The van der Waals surface area contributed by atoms with E-state index in [-0.39, 0.29) is 0 Å². The summed E-state index contributed by atoms with van der Waals surface area (Å²) in [5, 5.41) is 11.5. The Bertz CT molecular complexity index is 1430. The topological polar surface area (TPSA) is 57.2 Å². The monoisotopic (exact) mass is 614 g/mol. The Balaban J connectivity index is 1.67. The molecule has 8 bridgehead atoms. The van der Waals surface area contributed by atoms with Crippen molar-refractivity contribution in [3.63, 3.8) is 0 Å². The molecule has 0 aromatic heterocycles. The molecule has 0 radical (unpaired) electrons. The van der Waals surface area contributed by atoms with Crippen LogP contribution in [-0.4, -0.2) is 44.0 Å². The van der Waals surface area contributed by atoms with Gasteiger partial charge in [-0.3, -0.25) is 0 Å². The molecule has 0 heterocycles. The minimum atomic E-state index is 0.329. The molecule has 0 aliphatic heterocycles. The van der Waals surface area contributed by atoms with Gasteiger partial charge in [-0.05, 0) is 57.3 Å². The van der Waals surface area contributed by atoms with Crippen LogP contribution in [0.3, 0.4) is 0 Å². The maximum Gasteiger partial charge on any atom is 0.126 e. The zero-order valence-electron chi connectivity index (χ0n) is 25.9. The zero-order chi connectivity index (χ0) is 30.7. The van der Waals surface area contributed by atoms with E-state index in [2.05, 4.69) is 68.4 Å². The van der Waals surface area contributed by atoms with Crippen LogP contribution < -0.4 is 14.2 Å². The van der Waals surface area contributed by atoms with Crippen LogP contribution in [0.4, 0.5) is 0 Å². The molecule has 0 atom stereocenters. The Hall–Kier alpha value is -3.67. The number of ether oxygens (including phenoxy) is 4. The first-order valence-electron chi connectivity index (χ1n) is 15.8. The van der Waals surface area contributed by atoms with Crippen molar-refractivity contribution in [2.75, 3.05) is 38.9 Å². The average molecular weight is 615 g/mol. The molecule has 4 aromatic carbocycles. The summed E-state index contributed by atoms with van der Waals surface area (Å²) >= 11 is 5.82. The van der Waals surface area contributed by atoms with Crippen LogP contribution >= 0.6 is 11.6 Å². The molecule has 5 rings (SSSR count). The van der Waals surface area contributed by atoms with Crippen molar-refractivity contribution < 1.29 is 24.1 Å². The summed E-state index contributed by atoms with van der Waals surface area (Å²) in [6.45, 7) is 6.84. The summed E-state index contributed by atoms with van der Waals surface area (Å²) < 4.78 is 25.0. The average Bonchev–Trinajstić information content (AvgIpc) is 3.03. The lowest BCUT2D eigenvalue weighted by Crippen LogP contribution is -2.12. The standard InChI is InChI=1S/C38H43ClO5/c1-3-18-42-36-29-11-6-13-31(36)25-33-15-8-16-34(38(33)44-22-21-41-20-17-39)26-32-14-7-12-30(37(32)43-19-4-2)24-28-10-5-9-27(23-29)35(28)40/h5-16,40H,3-4,17-26H2,1-2H3. The van der Waals surface area contributed by atoms with Crippen LogP contribution in [0, 0.1) is 0 Å². The summed E-state index contributed by atoms with van der Waals surface area (Å²) in [5.74, 6) is 3.42. The highest BCUT2D eigenvalue weighted by Gasteiger charge is 2.20. The molecular formula is C38H43ClO5. The molecule has 0 saturated carbocycles. The predicted octanol–water partition coefficient (Wildman–Crippen LogP) is 8.28. The number of alkyl halides is 1. The summed E-state index contributed by atoms with van der Waals surface area (Å²) in [7, 11) is 0. The Kier molecular flexibility index (Phi) is 11.5. The fourth-order valence-corrected chi connectivity index (χ4v) is 5.93. The second-order valence-corrected chi connectivity index (χ2v) is 11.6. The van der Waals surface area contributed by atoms with Crippen molar-refractivity contribution >= 4 is 11.6 Å². The number of rotatable bonds is 12. The fraction of sp³-hybridized carbons (Fsp3) is 0.368. The lowest BCUT2D eigenvalue weighted by molar-refractivity contribution is 0.111. The molecule has 0 amide bonds. The number of phenols is 1. The number of halogens is 1. The van der Waals surface area contributed by atoms with Crippen molar-refractivity contribution in [1.82, 2.24) is 0 Å². The highest BCUT2D eigenvalue weighted by Crippen LogP contribution is 2.38. The molecule has 0 fully saturated rings. The second kappa shape index (κ2) is 15.9. The van der Waals surface area contributed by atoms with E-state index in [1.54, 1.807) is 0 Å². The Morgan fingerprint density at radius 2 is 0.841 bits per heavy atom. The molecule has 4 aromatic rings. The van der Waals surface area contributed by atoms with E-state index >= 15 is 0 Å². The SMILES string of the molecule is CCCOc1c2cccc1Cc1cccc(c1OCCOCCCl)Cc1cccc(c1OCCC)Cc1cccc(c1O)C2. The summed E-state index contributed by atoms with van der Waals surface area (Å²) in [5.41, 5.74) is 8.22. The van der Waals surface area contributed by atoms with Crippen molar-refractivity contribution in [3.05, 3.63) is 117 Å². The highest BCUT2D eigenvalue weighted by atomic mass is 35.5. The molecule has 6 heteroatoms. The highest BCUT2D eigenvalue weighted by molar-refractivity contribution is 6.17. The van der Waals surface area contributed by atoms with Crippen molar-refractivity contribution in [2.24, 2.45) is 0 Å². The number of aromatic hydroxyl groups is 1. The zero-order valence-corrected chi connectivity index (χ0v) is 26.6. The van der Waals surface area contributed by atoms with E-state index in [1.165, 1.54) is 0 Å². The summed E-state index contributed by atoms with van der Waals surface area (Å²) in [6.07, 6.45) is 4.22. The maximum absolute atomic E-state index is 11.5. The van der Waals surface area contributed by atoms with Gasteiger partial charge >= 0.3 is 0 Å².